The molecule has 0 aliphatic rings. The second kappa shape index (κ2) is 7.55. The van der Waals surface area contributed by atoms with Gasteiger partial charge in [0.15, 0.2) is 0 Å². The fourth-order valence-corrected chi connectivity index (χ4v) is 2.66. The molecule has 0 bridgehead atoms. The normalized spacial score (nSPS) is 10.6. The van der Waals surface area contributed by atoms with Crippen LogP contribution in [0.5, 0.6) is 0 Å². The average molecular weight is 378 g/mol. The van der Waals surface area contributed by atoms with Crippen LogP contribution >= 0.6 is 23.2 Å². The maximum atomic E-state index is 12.2. The van der Waals surface area contributed by atoms with Crippen molar-refractivity contribution in [1.29, 1.82) is 0 Å². The lowest BCUT2D eigenvalue weighted by atomic mass is 10.2. The van der Waals surface area contributed by atoms with Gasteiger partial charge in [0.1, 0.15) is 17.0 Å². The molecule has 2 N–H and O–H groups in total. The summed E-state index contributed by atoms with van der Waals surface area (Å²) in [4.78, 5) is 28.1. The van der Waals surface area contributed by atoms with Crippen LogP contribution in [0.15, 0.2) is 51.8 Å². The van der Waals surface area contributed by atoms with E-state index in [1.807, 2.05) is 0 Å². The Morgan fingerprint density at radius 3 is 2.76 bits per heavy atom. The molecule has 1 amide bonds. The van der Waals surface area contributed by atoms with Crippen LogP contribution in [0.3, 0.4) is 0 Å². The van der Waals surface area contributed by atoms with E-state index in [-0.39, 0.29) is 12.1 Å². The van der Waals surface area contributed by atoms with Crippen molar-refractivity contribution in [2.24, 2.45) is 0 Å². The van der Waals surface area contributed by atoms with E-state index in [2.05, 4.69) is 15.6 Å². The summed E-state index contributed by atoms with van der Waals surface area (Å²) in [5.74, 6) is -0.0398. The highest BCUT2D eigenvalue weighted by Gasteiger charge is 2.13. The standard InChI is InChI=1S/C17H13Cl2N3O3/c18-11-8-13(19)15(22-9-11)20-5-6-21-16(23)12-7-10-3-1-2-4-14(10)25-17(12)24/h1-4,7-9H,5-6H2,(H,20,22)(H,21,23). The van der Waals surface area contributed by atoms with Gasteiger partial charge in [-0.3, -0.25) is 4.79 Å². The third-order valence-corrected chi connectivity index (χ3v) is 3.89. The van der Waals surface area contributed by atoms with Crippen molar-refractivity contribution in [1.82, 2.24) is 10.3 Å². The molecule has 0 radical (unpaired) electrons. The third kappa shape index (κ3) is 4.10. The van der Waals surface area contributed by atoms with E-state index in [4.69, 9.17) is 27.6 Å². The zero-order valence-corrected chi connectivity index (χ0v) is 14.4. The Labute approximate surface area is 152 Å². The van der Waals surface area contributed by atoms with Crippen molar-refractivity contribution in [2.45, 2.75) is 0 Å². The lowest BCUT2D eigenvalue weighted by molar-refractivity contribution is 0.0951. The van der Waals surface area contributed by atoms with Gasteiger partial charge in [0.05, 0.1) is 10.0 Å². The Kier molecular flexibility index (Phi) is 5.21. The van der Waals surface area contributed by atoms with Gasteiger partial charge in [-0.15, -0.1) is 0 Å². The molecule has 0 aliphatic heterocycles. The van der Waals surface area contributed by atoms with Crippen molar-refractivity contribution >= 4 is 45.9 Å². The molecule has 8 heteroatoms. The summed E-state index contributed by atoms with van der Waals surface area (Å²) in [5, 5.41) is 7.12. The van der Waals surface area contributed by atoms with Gasteiger partial charge in [-0.1, -0.05) is 41.4 Å². The molecule has 0 aliphatic carbocycles. The molecular weight excluding hydrogens is 365 g/mol. The highest BCUT2D eigenvalue weighted by atomic mass is 35.5. The molecule has 1 aromatic carbocycles. The predicted octanol–water partition coefficient (Wildman–Crippen LogP) is 3.34. The zero-order valence-electron chi connectivity index (χ0n) is 12.9. The Morgan fingerprint density at radius 2 is 1.96 bits per heavy atom. The monoisotopic (exact) mass is 377 g/mol. The highest BCUT2D eigenvalue weighted by Crippen LogP contribution is 2.22. The molecular formula is C17H13Cl2N3O3. The van der Waals surface area contributed by atoms with E-state index < -0.39 is 11.5 Å². The largest absolute Gasteiger partial charge is 0.422 e. The number of fused-ring (bicyclic) bond motifs is 1. The molecule has 6 nitrogen and oxygen atoms in total. The molecule has 0 fully saturated rings. The molecule has 0 atom stereocenters. The van der Waals surface area contributed by atoms with Crippen LogP contribution in [0.2, 0.25) is 10.0 Å². The molecule has 3 rings (SSSR count). The highest BCUT2D eigenvalue weighted by molar-refractivity contribution is 6.35. The number of aromatic nitrogens is 1. The van der Waals surface area contributed by atoms with Crippen molar-refractivity contribution in [2.75, 3.05) is 18.4 Å². The second-order valence-electron chi connectivity index (χ2n) is 5.15. The number of carbonyl (C=O) groups is 1. The van der Waals surface area contributed by atoms with Gasteiger partial charge in [0.25, 0.3) is 5.91 Å². The van der Waals surface area contributed by atoms with Crippen molar-refractivity contribution in [3.63, 3.8) is 0 Å². The van der Waals surface area contributed by atoms with Crippen LogP contribution in [0.25, 0.3) is 11.0 Å². The van der Waals surface area contributed by atoms with Gasteiger partial charge in [-0.05, 0) is 18.2 Å². The summed E-state index contributed by atoms with van der Waals surface area (Å²) in [6.07, 6.45) is 1.47. The van der Waals surface area contributed by atoms with Gasteiger partial charge < -0.3 is 15.1 Å². The van der Waals surface area contributed by atoms with Crippen molar-refractivity contribution in [3.8, 4) is 0 Å². The Morgan fingerprint density at radius 1 is 1.16 bits per heavy atom. The Hall–Kier alpha value is -2.57. The molecule has 3 aromatic rings. The van der Waals surface area contributed by atoms with Crippen LogP contribution in [-0.4, -0.2) is 24.0 Å². The van der Waals surface area contributed by atoms with Crippen molar-refractivity contribution < 1.29 is 9.21 Å². The maximum absolute atomic E-state index is 12.2. The van der Waals surface area contributed by atoms with Crippen LogP contribution in [0, 0.1) is 0 Å². The number of anilines is 1. The molecule has 0 spiro atoms. The van der Waals surface area contributed by atoms with E-state index >= 15 is 0 Å². The molecule has 0 unspecified atom stereocenters. The smallest absolute Gasteiger partial charge is 0.349 e. The van der Waals surface area contributed by atoms with E-state index in [9.17, 15) is 9.59 Å². The average Bonchev–Trinajstić information content (AvgIpc) is 2.59. The number of halogens is 2. The fraction of sp³-hybridized carbons (Fsp3) is 0.118. The topological polar surface area (TPSA) is 84.2 Å². The quantitative estimate of drug-likeness (QED) is 0.526. The summed E-state index contributed by atoms with van der Waals surface area (Å²) >= 11 is 11.8. The summed E-state index contributed by atoms with van der Waals surface area (Å²) in [7, 11) is 0. The first-order valence-electron chi connectivity index (χ1n) is 7.40. The number of para-hydroxylation sites is 1. The number of nitrogens with zero attached hydrogens (tertiary/aromatic N) is 1. The summed E-state index contributed by atoms with van der Waals surface area (Å²) in [6, 6.07) is 10.1. The van der Waals surface area contributed by atoms with Gasteiger partial charge in [-0.25, -0.2) is 9.78 Å². The van der Waals surface area contributed by atoms with Gasteiger partial charge in [0.2, 0.25) is 0 Å². The Balaban J connectivity index is 1.61. The van der Waals surface area contributed by atoms with E-state index in [0.29, 0.717) is 33.4 Å². The van der Waals surface area contributed by atoms with Gasteiger partial charge >= 0.3 is 5.63 Å². The van der Waals surface area contributed by atoms with Crippen LogP contribution < -0.4 is 16.3 Å². The number of benzene rings is 1. The molecule has 2 aromatic heterocycles. The summed E-state index contributed by atoms with van der Waals surface area (Å²) in [5.41, 5.74) is -0.276. The number of hydrogen-bond acceptors (Lipinski definition) is 5. The lowest BCUT2D eigenvalue weighted by Crippen LogP contribution is -2.32. The lowest BCUT2D eigenvalue weighted by Gasteiger charge is -2.08. The summed E-state index contributed by atoms with van der Waals surface area (Å²) in [6.45, 7) is 0.644. The van der Waals surface area contributed by atoms with Gasteiger partial charge in [0, 0.05) is 24.7 Å². The molecule has 2 heterocycles. The van der Waals surface area contributed by atoms with Crippen LogP contribution in [0.1, 0.15) is 10.4 Å². The second-order valence-corrected chi connectivity index (χ2v) is 6.00. The minimum absolute atomic E-state index is 0.0404. The van der Waals surface area contributed by atoms with E-state index in [1.165, 1.54) is 12.3 Å². The van der Waals surface area contributed by atoms with Crippen molar-refractivity contribution in [3.05, 3.63) is 68.6 Å². The number of hydrogen-bond donors (Lipinski definition) is 2. The molecule has 0 saturated carbocycles. The van der Waals surface area contributed by atoms with E-state index in [0.717, 1.165) is 0 Å². The minimum atomic E-state index is -0.674. The first-order chi connectivity index (χ1) is 12.0. The third-order valence-electron chi connectivity index (χ3n) is 3.40. The predicted molar refractivity (Wildman–Crippen MR) is 97.6 cm³/mol. The number of rotatable bonds is 5. The minimum Gasteiger partial charge on any atom is -0.422 e. The maximum Gasteiger partial charge on any atom is 0.349 e. The number of amides is 1. The molecule has 128 valence electrons. The van der Waals surface area contributed by atoms with Gasteiger partial charge in [-0.2, -0.15) is 0 Å². The van der Waals surface area contributed by atoms with Crippen LogP contribution in [-0.2, 0) is 0 Å². The molecule has 0 saturated heterocycles. The first kappa shape index (κ1) is 17.3. The number of pyridine rings is 1. The number of nitrogens with one attached hydrogen (secondary N) is 2. The van der Waals surface area contributed by atoms with Crippen LogP contribution in [0.4, 0.5) is 5.82 Å². The molecule has 25 heavy (non-hydrogen) atoms. The summed E-state index contributed by atoms with van der Waals surface area (Å²) < 4.78 is 5.14. The Bertz CT molecular complexity index is 988. The zero-order chi connectivity index (χ0) is 17.8. The SMILES string of the molecule is O=C(NCCNc1ncc(Cl)cc1Cl)c1cc2ccccc2oc1=O. The fourth-order valence-electron chi connectivity index (χ4n) is 2.22. The first-order valence-corrected chi connectivity index (χ1v) is 8.16. The number of carbonyl (C=O) groups excluding carboxylic acids is 1. The van der Waals surface area contributed by atoms with E-state index in [1.54, 1.807) is 30.3 Å².